The number of carbonyl (C=O) groups excluding carboxylic acids is 2. The molecule has 7 heteroatoms. The number of anilines is 2. The van der Waals surface area contributed by atoms with Gasteiger partial charge in [-0.05, 0) is 54.3 Å². The van der Waals surface area contributed by atoms with Gasteiger partial charge in [0.1, 0.15) is 5.82 Å². The van der Waals surface area contributed by atoms with Crippen molar-refractivity contribution in [3.8, 4) is 11.1 Å². The molecule has 7 nitrogen and oxygen atoms in total. The van der Waals surface area contributed by atoms with E-state index in [9.17, 15) is 9.59 Å². The maximum Gasteiger partial charge on any atom is 0.253 e. The highest BCUT2D eigenvalue weighted by atomic mass is 16.2. The number of hydrogen-bond acceptors (Lipinski definition) is 5. The molecule has 152 valence electrons. The molecule has 0 saturated heterocycles. The number of nitrogens with two attached hydrogens (primary N) is 1. The third kappa shape index (κ3) is 3.74. The largest absolute Gasteiger partial charge is 0.369 e. The first-order valence-corrected chi connectivity index (χ1v) is 9.70. The van der Waals surface area contributed by atoms with Crippen LogP contribution in [-0.4, -0.2) is 40.8 Å². The Morgan fingerprint density at radius 3 is 2.27 bits per heavy atom. The Morgan fingerprint density at radius 2 is 1.70 bits per heavy atom. The molecule has 0 radical (unpaired) electrons. The van der Waals surface area contributed by atoms with Crippen LogP contribution in [0.2, 0.25) is 0 Å². The van der Waals surface area contributed by atoms with E-state index in [0.717, 1.165) is 35.2 Å². The molecule has 0 bridgehead atoms. The molecule has 1 aliphatic carbocycles. The van der Waals surface area contributed by atoms with Crippen LogP contribution in [-0.2, 0) is 10.2 Å². The topological polar surface area (TPSA) is 101 Å². The van der Waals surface area contributed by atoms with Crippen LogP contribution in [0, 0.1) is 0 Å². The summed E-state index contributed by atoms with van der Waals surface area (Å²) >= 11 is 0. The molecule has 1 saturated carbocycles. The lowest BCUT2D eigenvalue weighted by atomic mass is 9.97. The Bertz CT molecular complexity index is 1090. The first-order valence-electron chi connectivity index (χ1n) is 9.70. The Morgan fingerprint density at radius 1 is 1.00 bits per heavy atom. The van der Waals surface area contributed by atoms with E-state index < -0.39 is 5.41 Å². The normalized spacial score (nSPS) is 14.1. The summed E-state index contributed by atoms with van der Waals surface area (Å²) in [5, 5.41) is 3.22. The number of amides is 2. The molecule has 3 aromatic rings. The maximum absolute atomic E-state index is 12.0. The number of carbonyl (C=O) groups is 2. The number of aromatic nitrogens is 2. The first-order chi connectivity index (χ1) is 14.4. The molecule has 2 aromatic heterocycles. The number of nitrogens with zero attached hydrogens (tertiary/aromatic N) is 3. The van der Waals surface area contributed by atoms with Gasteiger partial charge in [-0.3, -0.25) is 14.6 Å². The van der Waals surface area contributed by atoms with E-state index in [0.29, 0.717) is 11.4 Å². The predicted octanol–water partition coefficient (Wildman–Crippen LogP) is 3.11. The van der Waals surface area contributed by atoms with Crippen LogP contribution in [0.4, 0.5) is 11.5 Å². The number of primary amides is 1. The van der Waals surface area contributed by atoms with Crippen molar-refractivity contribution in [2.45, 2.75) is 18.3 Å². The fraction of sp³-hybridized carbons (Fsp3) is 0.217. The summed E-state index contributed by atoms with van der Waals surface area (Å²) in [7, 11) is 3.46. The standard InChI is InChI=1S/C23H23N5O2/c1-28(2)21(29)16-5-3-15(4-6-16)17-7-8-20(26-12-17)27-19-11-18(13-25-14-19)23(9-10-23)22(24)30/h3-8,11-14H,9-10H2,1-2H3,(H2,24,30)(H,26,27). The minimum atomic E-state index is -0.567. The Kier molecular flexibility index (Phi) is 4.95. The lowest BCUT2D eigenvalue weighted by Gasteiger charge is -2.13. The molecule has 30 heavy (non-hydrogen) atoms. The molecular weight excluding hydrogens is 378 g/mol. The van der Waals surface area contributed by atoms with Crippen LogP contribution in [0.25, 0.3) is 11.1 Å². The van der Waals surface area contributed by atoms with Gasteiger partial charge in [-0.25, -0.2) is 4.98 Å². The zero-order valence-electron chi connectivity index (χ0n) is 16.9. The summed E-state index contributed by atoms with van der Waals surface area (Å²) in [6.07, 6.45) is 6.69. The van der Waals surface area contributed by atoms with Gasteiger partial charge in [0.2, 0.25) is 5.91 Å². The fourth-order valence-electron chi connectivity index (χ4n) is 3.42. The second kappa shape index (κ2) is 7.59. The van der Waals surface area contributed by atoms with Crippen LogP contribution < -0.4 is 11.1 Å². The second-order valence-electron chi connectivity index (χ2n) is 7.74. The van der Waals surface area contributed by atoms with Gasteiger partial charge in [-0.15, -0.1) is 0 Å². The van der Waals surface area contributed by atoms with Crippen molar-refractivity contribution >= 4 is 23.3 Å². The number of rotatable bonds is 6. The highest BCUT2D eigenvalue weighted by Gasteiger charge is 2.50. The van der Waals surface area contributed by atoms with Gasteiger partial charge in [-0.2, -0.15) is 0 Å². The first kappa shape index (κ1) is 19.6. The van der Waals surface area contributed by atoms with Gasteiger partial charge in [0.15, 0.2) is 0 Å². The Hall–Kier alpha value is -3.74. The number of pyridine rings is 2. The molecule has 1 aliphatic rings. The van der Waals surface area contributed by atoms with Crippen molar-refractivity contribution < 1.29 is 9.59 Å². The van der Waals surface area contributed by atoms with Crippen molar-refractivity contribution in [1.82, 2.24) is 14.9 Å². The summed E-state index contributed by atoms with van der Waals surface area (Å²) in [6.45, 7) is 0. The van der Waals surface area contributed by atoms with Crippen LogP contribution in [0.1, 0.15) is 28.8 Å². The lowest BCUT2D eigenvalue weighted by Crippen LogP contribution is -2.28. The van der Waals surface area contributed by atoms with Crippen molar-refractivity contribution in [2.75, 3.05) is 19.4 Å². The van der Waals surface area contributed by atoms with Crippen molar-refractivity contribution in [3.63, 3.8) is 0 Å². The van der Waals surface area contributed by atoms with E-state index in [4.69, 9.17) is 5.73 Å². The molecule has 4 rings (SSSR count). The molecular formula is C23H23N5O2. The SMILES string of the molecule is CN(C)C(=O)c1ccc(-c2ccc(Nc3cncc(C4(C(N)=O)CC4)c3)nc2)cc1. The molecule has 0 spiro atoms. The highest BCUT2D eigenvalue weighted by Crippen LogP contribution is 2.48. The van der Waals surface area contributed by atoms with Crippen molar-refractivity contribution in [1.29, 1.82) is 0 Å². The third-order valence-electron chi connectivity index (χ3n) is 5.42. The summed E-state index contributed by atoms with van der Waals surface area (Å²) in [4.78, 5) is 34.0. The van der Waals surface area contributed by atoms with Gasteiger partial charge < -0.3 is 16.0 Å². The maximum atomic E-state index is 12.0. The monoisotopic (exact) mass is 401 g/mol. The average molecular weight is 401 g/mol. The number of nitrogens with one attached hydrogen (secondary N) is 1. The molecule has 0 unspecified atom stereocenters. The van der Waals surface area contributed by atoms with Crippen molar-refractivity contribution in [2.24, 2.45) is 5.73 Å². The molecule has 1 aromatic carbocycles. The summed E-state index contributed by atoms with van der Waals surface area (Å²) in [5.41, 5.74) is 9.15. The van der Waals surface area contributed by atoms with Crippen LogP contribution >= 0.6 is 0 Å². The minimum Gasteiger partial charge on any atom is -0.369 e. The van der Waals surface area contributed by atoms with Gasteiger partial charge in [-0.1, -0.05) is 12.1 Å². The van der Waals surface area contributed by atoms with E-state index in [1.807, 2.05) is 42.5 Å². The summed E-state index contributed by atoms with van der Waals surface area (Å²) < 4.78 is 0. The number of hydrogen-bond donors (Lipinski definition) is 2. The summed E-state index contributed by atoms with van der Waals surface area (Å²) in [6, 6.07) is 13.2. The second-order valence-corrected chi connectivity index (χ2v) is 7.74. The predicted molar refractivity (Wildman–Crippen MR) is 115 cm³/mol. The minimum absolute atomic E-state index is 0.0284. The Labute approximate surface area is 175 Å². The van der Waals surface area contributed by atoms with E-state index in [2.05, 4.69) is 15.3 Å². The summed E-state index contributed by atoms with van der Waals surface area (Å²) in [5.74, 6) is 0.336. The number of benzene rings is 1. The molecule has 2 heterocycles. The van der Waals surface area contributed by atoms with Gasteiger partial charge in [0.25, 0.3) is 5.91 Å². The fourth-order valence-corrected chi connectivity index (χ4v) is 3.42. The molecule has 0 aliphatic heterocycles. The van der Waals surface area contributed by atoms with Crippen LogP contribution in [0.15, 0.2) is 61.1 Å². The zero-order chi connectivity index (χ0) is 21.3. The van der Waals surface area contributed by atoms with E-state index in [1.165, 1.54) is 0 Å². The van der Waals surface area contributed by atoms with E-state index in [1.54, 1.807) is 37.6 Å². The quantitative estimate of drug-likeness (QED) is 0.661. The Balaban J connectivity index is 1.48. The van der Waals surface area contributed by atoms with E-state index >= 15 is 0 Å². The highest BCUT2D eigenvalue weighted by molar-refractivity contribution is 5.94. The molecule has 2 amide bonds. The van der Waals surface area contributed by atoms with Crippen LogP contribution in [0.5, 0.6) is 0 Å². The lowest BCUT2D eigenvalue weighted by molar-refractivity contribution is -0.120. The molecule has 0 atom stereocenters. The average Bonchev–Trinajstić information content (AvgIpc) is 3.56. The van der Waals surface area contributed by atoms with Gasteiger partial charge >= 0.3 is 0 Å². The van der Waals surface area contributed by atoms with Gasteiger partial charge in [0, 0.05) is 37.6 Å². The third-order valence-corrected chi connectivity index (χ3v) is 5.42. The van der Waals surface area contributed by atoms with Gasteiger partial charge in [0.05, 0.1) is 17.3 Å². The molecule has 3 N–H and O–H groups in total. The molecule has 1 fully saturated rings. The smallest absolute Gasteiger partial charge is 0.253 e. The van der Waals surface area contributed by atoms with Crippen LogP contribution in [0.3, 0.4) is 0 Å². The van der Waals surface area contributed by atoms with Crippen molar-refractivity contribution in [3.05, 3.63) is 72.2 Å². The zero-order valence-corrected chi connectivity index (χ0v) is 16.9. The van der Waals surface area contributed by atoms with E-state index in [-0.39, 0.29) is 11.8 Å².